The second-order valence-corrected chi connectivity index (χ2v) is 8.59. The number of benzene rings is 3. The fraction of sp³-hybridized carbons (Fsp3) is 0.0370. The van der Waals surface area contributed by atoms with Crippen LogP contribution in [0, 0.1) is 0 Å². The molecule has 2 N–H and O–H groups in total. The number of aromatic amines is 1. The van der Waals surface area contributed by atoms with Gasteiger partial charge in [0, 0.05) is 29.6 Å². The highest BCUT2D eigenvalue weighted by atomic mass is 32.1. The van der Waals surface area contributed by atoms with Crippen LogP contribution in [-0.4, -0.2) is 26.8 Å². The van der Waals surface area contributed by atoms with Crippen molar-refractivity contribution in [3.05, 3.63) is 96.0 Å². The zero-order chi connectivity index (χ0) is 24.2. The van der Waals surface area contributed by atoms with Crippen LogP contribution < -0.4 is 10.2 Å². The molecular formula is C27H21N5O2S. The van der Waals surface area contributed by atoms with Crippen LogP contribution in [0.3, 0.4) is 0 Å². The molecule has 3 aromatic carbocycles. The highest BCUT2D eigenvalue weighted by Crippen LogP contribution is 2.29. The van der Waals surface area contributed by atoms with Gasteiger partial charge < -0.3 is 10.3 Å². The monoisotopic (exact) mass is 479 g/mol. The topological polar surface area (TPSA) is 91.0 Å². The minimum absolute atomic E-state index is 0.136. The number of hydrogen-bond acceptors (Lipinski definition) is 5. The van der Waals surface area contributed by atoms with E-state index in [-0.39, 0.29) is 11.8 Å². The van der Waals surface area contributed by atoms with E-state index in [2.05, 4.69) is 20.3 Å². The Kier molecular flexibility index (Phi) is 6.19. The van der Waals surface area contributed by atoms with Crippen molar-refractivity contribution in [1.29, 1.82) is 0 Å². The van der Waals surface area contributed by atoms with E-state index in [1.54, 1.807) is 16.4 Å². The summed E-state index contributed by atoms with van der Waals surface area (Å²) < 4.78 is 0. The number of aromatic nitrogens is 3. The smallest absolute Gasteiger partial charge is 0.248 e. The molecule has 5 rings (SSSR count). The van der Waals surface area contributed by atoms with Crippen LogP contribution in [-0.2, 0) is 9.59 Å². The molecule has 0 fully saturated rings. The first-order valence-electron chi connectivity index (χ1n) is 10.9. The summed E-state index contributed by atoms with van der Waals surface area (Å²) >= 11 is 1.34. The minimum Gasteiger partial charge on any atom is -0.338 e. The summed E-state index contributed by atoms with van der Waals surface area (Å²) in [4.78, 5) is 38.7. The predicted octanol–water partition coefficient (Wildman–Crippen LogP) is 6.02. The van der Waals surface area contributed by atoms with Gasteiger partial charge in [-0.05, 0) is 42.5 Å². The lowest BCUT2D eigenvalue weighted by Gasteiger charge is -2.17. The van der Waals surface area contributed by atoms with E-state index < -0.39 is 0 Å². The summed E-state index contributed by atoms with van der Waals surface area (Å²) in [6, 6.07) is 24.7. The van der Waals surface area contributed by atoms with Gasteiger partial charge in [-0.25, -0.2) is 9.97 Å². The number of para-hydroxylation sites is 3. The van der Waals surface area contributed by atoms with Crippen LogP contribution in [0.15, 0.2) is 90.3 Å². The van der Waals surface area contributed by atoms with Crippen molar-refractivity contribution >= 4 is 56.8 Å². The van der Waals surface area contributed by atoms with Crippen LogP contribution in [0.4, 0.5) is 16.5 Å². The second-order valence-electron chi connectivity index (χ2n) is 7.75. The number of fused-ring (bicyclic) bond motifs is 1. The predicted molar refractivity (Wildman–Crippen MR) is 141 cm³/mol. The number of anilines is 3. The summed E-state index contributed by atoms with van der Waals surface area (Å²) in [7, 11) is 0. The maximum atomic E-state index is 12.5. The number of thiazole rings is 1. The Morgan fingerprint density at radius 3 is 2.57 bits per heavy atom. The number of nitrogens with one attached hydrogen (secondary N) is 2. The van der Waals surface area contributed by atoms with Gasteiger partial charge in [0.15, 0.2) is 5.13 Å². The third-order valence-electron chi connectivity index (χ3n) is 5.23. The van der Waals surface area contributed by atoms with Crippen LogP contribution in [0.1, 0.15) is 12.6 Å². The summed E-state index contributed by atoms with van der Waals surface area (Å²) in [5, 5.41) is 5.22. The molecule has 0 saturated carbocycles. The molecule has 0 atom stereocenters. The summed E-state index contributed by atoms with van der Waals surface area (Å²) in [6.45, 7) is 1.50. The molecule has 7 nitrogen and oxygen atoms in total. The average Bonchev–Trinajstić information content (AvgIpc) is 3.51. The van der Waals surface area contributed by atoms with Crippen LogP contribution in [0.25, 0.3) is 28.5 Å². The summed E-state index contributed by atoms with van der Waals surface area (Å²) in [5.74, 6) is 0.317. The lowest BCUT2D eigenvalue weighted by atomic mass is 10.2. The van der Waals surface area contributed by atoms with Crippen molar-refractivity contribution in [2.24, 2.45) is 0 Å². The minimum atomic E-state index is -0.284. The fourth-order valence-electron chi connectivity index (χ4n) is 3.64. The van der Waals surface area contributed by atoms with Gasteiger partial charge in [-0.1, -0.05) is 42.5 Å². The molecular weight excluding hydrogens is 458 g/mol. The average molecular weight is 480 g/mol. The molecule has 0 radical (unpaired) electrons. The van der Waals surface area contributed by atoms with E-state index in [9.17, 15) is 9.59 Å². The summed E-state index contributed by atoms with van der Waals surface area (Å²) in [5.41, 5.74) is 4.71. The molecule has 0 unspecified atom stereocenters. The number of imidazole rings is 1. The number of hydrogen-bond donors (Lipinski definition) is 2. The fourth-order valence-corrected chi connectivity index (χ4v) is 4.49. The maximum Gasteiger partial charge on any atom is 0.248 e. The van der Waals surface area contributed by atoms with Gasteiger partial charge >= 0.3 is 0 Å². The van der Waals surface area contributed by atoms with Crippen LogP contribution >= 0.6 is 11.3 Å². The Bertz CT molecular complexity index is 1500. The second kappa shape index (κ2) is 9.74. The van der Waals surface area contributed by atoms with Crippen molar-refractivity contribution in [2.75, 3.05) is 10.2 Å². The van der Waals surface area contributed by atoms with Gasteiger partial charge in [0.2, 0.25) is 11.8 Å². The van der Waals surface area contributed by atoms with Crippen LogP contribution in [0.2, 0.25) is 0 Å². The first kappa shape index (κ1) is 22.2. The normalized spacial score (nSPS) is 11.1. The molecule has 172 valence electrons. The molecule has 0 aliphatic heterocycles. The highest BCUT2D eigenvalue weighted by molar-refractivity contribution is 7.14. The molecule has 0 aliphatic rings. The Hall–Kier alpha value is -4.56. The van der Waals surface area contributed by atoms with Gasteiger partial charge in [-0.2, -0.15) is 0 Å². The third kappa shape index (κ3) is 5.02. The number of nitrogens with zero attached hydrogens (tertiary/aromatic N) is 3. The van der Waals surface area contributed by atoms with E-state index in [0.717, 1.165) is 28.1 Å². The molecule has 8 heteroatoms. The lowest BCUT2D eigenvalue weighted by Crippen LogP contribution is -2.22. The molecule has 0 aliphatic carbocycles. The van der Waals surface area contributed by atoms with E-state index in [1.165, 1.54) is 24.3 Å². The maximum absolute atomic E-state index is 12.5. The molecule has 5 aromatic rings. The quantitative estimate of drug-likeness (QED) is 0.291. The Labute approximate surface area is 205 Å². The van der Waals surface area contributed by atoms with Crippen molar-refractivity contribution in [1.82, 2.24) is 15.0 Å². The first-order chi connectivity index (χ1) is 17.1. The molecule has 35 heavy (non-hydrogen) atoms. The zero-order valence-electron chi connectivity index (χ0n) is 18.8. The molecule has 0 saturated heterocycles. The number of rotatable bonds is 6. The van der Waals surface area contributed by atoms with Crippen molar-refractivity contribution < 1.29 is 9.59 Å². The van der Waals surface area contributed by atoms with Crippen molar-refractivity contribution in [3.63, 3.8) is 0 Å². The van der Waals surface area contributed by atoms with E-state index >= 15 is 0 Å². The first-order valence-corrected chi connectivity index (χ1v) is 11.8. The number of carbonyl (C=O) groups is 2. The van der Waals surface area contributed by atoms with Crippen LogP contribution in [0.5, 0.6) is 0 Å². The molecule has 2 aromatic heterocycles. The lowest BCUT2D eigenvalue weighted by molar-refractivity contribution is -0.116. The van der Waals surface area contributed by atoms with E-state index in [1.807, 2.05) is 78.9 Å². The number of amides is 2. The van der Waals surface area contributed by atoms with Crippen molar-refractivity contribution in [2.45, 2.75) is 6.92 Å². The highest BCUT2D eigenvalue weighted by Gasteiger charge is 2.17. The van der Waals surface area contributed by atoms with Gasteiger partial charge in [-0.3, -0.25) is 14.5 Å². The zero-order valence-corrected chi connectivity index (χ0v) is 19.6. The number of carbonyl (C=O) groups excluding carboxylic acids is 2. The third-order valence-corrected chi connectivity index (χ3v) is 6.07. The number of H-pyrrole nitrogens is 1. The van der Waals surface area contributed by atoms with Gasteiger partial charge in [0.25, 0.3) is 0 Å². The molecule has 2 heterocycles. The van der Waals surface area contributed by atoms with E-state index in [0.29, 0.717) is 16.5 Å². The Morgan fingerprint density at radius 1 is 0.971 bits per heavy atom. The van der Waals surface area contributed by atoms with E-state index in [4.69, 9.17) is 0 Å². The largest absolute Gasteiger partial charge is 0.338 e. The molecule has 2 amide bonds. The SMILES string of the molecule is CC(=O)N(c1ccccc1)c1nc(/C=C/C(=O)Nc2cccc(-c3nc4ccccc4[nH]3)c2)cs1. The summed E-state index contributed by atoms with van der Waals surface area (Å²) in [6.07, 6.45) is 3.05. The van der Waals surface area contributed by atoms with Crippen molar-refractivity contribution in [3.8, 4) is 11.4 Å². The van der Waals surface area contributed by atoms with Gasteiger partial charge in [0.05, 0.1) is 22.4 Å². The molecule has 0 spiro atoms. The Morgan fingerprint density at radius 2 is 1.77 bits per heavy atom. The standard InChI is InChI=1S/C27H21N5O2S/c1-18(33)32(22-10-3-2-4-11-22)27-29-21(17-35-27)14-15-25(34)28-20-9-7-8-19(16-20)26-30-23-12-5-6-13-24(23)31-26/h2-17H,1H3,(H,28,34)(H,30,31)/b15-14+. The Balaban J connectivity index is 1.28. The molecule has 0 bridgehead atoms. The van der Waals surface area contributed by atoms with Gasteiger partial charge in [-0.15, -0.1) is 11.3 Å². The van der Waals surface area contributed by atoms with Gasteiger partial charge in [0.1, 0.15) is 5.82 Å².